The van der Waals surface area contributed by atoms with Crippen LogP contribution in [0, 0.1) is 12.7 Å². The monoisotopic (exact) mass is 379 g/mol. The third kappa shape index (κ3) is 5.17. The van der Waals surface area contributed by atoms with E-state index in [0.717, 1.165) is 16.1 Å². The second kappa shape index (κ2) is 7.87. The van der Waals surface area contributed by atoms with Crippen molar-refractivity contribution in [3.8, 4) is 0 Å². The minimum Gasteiger partial charge on any atom is -0.452 e. The maximum absolute atomic E-state index is 13.4. The van der Waals surface area contributed by atoms with Gasteiger partial charge in [0.2, 0.25) is 0 Å². The molecule has 0 aliphatic heterocycles. The Labute approximate surface area is 141 Å². The Kier molecular flexibility index (Phi) is 5.87. The maximum Gasteiger partial charge on any atom is 0.338 e. The highest BCUT2D eigenvalue weighted by Crippen LogP contribution is 2.12. The van der Waals surface area contributed by atoms with Gasteiger partial charge in [-0.2, -0.15) is 0 Å². The lowest BCUT2D eigenvalue weighted by atomic mass is 10.1. The van der Waals surface area contributed by atoms with Crippen molar-refractivity contribution in [3.05, 3.63) is 69.4 Å². The molecule has 0 aliphatic rings. The van der Waals surface area contributed by atoms with Gasteiger partial charge in [-0.05, 0) is 42.3 Å². The van der Waals surface area contributed by atoms with Gasteiger partial charge in [0.15, 0.2) is 6.61 Å². The summed E-state index contributed by atoms with van der Waals surface area (Å²) in [6.45, 7) is 1.51. The summed E-state index contributed by atoms with van der Waals surface area (Å²) in [5.41, 5.74) is 1.43. The summed E-state index contributed by atoms with van der Waals surface area (Å²) in [5, 5.41) is 2.64. The number of esters is 1. The molecule has 0 bridgehead atoms. The third-order valence-electron chi connectivity index (χ3n) is 3.12. The zero-order valence-corrected chi connectivity index (χ0v) is 14.0. The summed E-state index contributed by atoms with van der Waals surface area (Å²) in [7, 11) is 0. The van der Waals surface area contributed by atoms with Gasteiger partial charge in [-0.3, -0.25) is 4.79 Å². The van der Waals surface area contributed by atoms with Crippen molar-refractivity contribution < 1.29 is 18.7 Å². The first kappa shape index (κ1) is 17.1. The number of aryl methyl sites for hydroxylation is 1. The quantitative estimate of drug-likeness (QED) is 0.810. The van der Waals surface area contributed by atoms with E-state index in [1.54, 1.807) is 6.92 Å². The molecule has 0 saturated carbocycles. The van der Waals surface area contributed by atoms with E-state index >= 15 is 0 Å². The summed E-state index contributed by atoms with van der Waals surface area (Å²) >= 11 is 3.34. The third-order valence-corrected chi connectivity index (χ3v) is 3.61. The van der Waals surface area contributed by atoms with Gasteiger partial charge in [-0.15, -0.1) is 0 Å². The van der Waals surface area contributed by atoms with Crippen molar-refractivity contribution in [3.63, 3.8) is 0 Å². The molecule has 0 spiro atoms. The van der Waals surface area contributed by atoms with E-state index in [1.165, 1.54) is 12.1 Å². The van der Waals surface area contributed by atoms with Gasteiger partial charge in [0.25, 0.3) is 5.91 Å². The fraction of sp³-hybridized carbons (Fsp3) is 0.176. The molecule has 0 fully saturated rings. The molecule has 2 aromatic rings. The lowest BCUT2D eigenvalue weighted by Crippen LogP contribution is -2.28. The smallest absolute Gasteiger partial charge is 0.338 e. The summed E-state index contributed by atoms with van der Waals surface area (Å²) in [6.07, 6.45) is 0. The number of ether oxygens (including phenoxy) is 1. The van der Waals surface area contributed by atoms with Gasteiger partial charge in [-0.25, -0.2) is 9.18 Å². The average Bonchev–Trinajstić information content (AvgIpc) is 2.53. The molecule has 0 radical (unpaired) electrons. The fourth-order valence-electron chi connectivity index (χ4n) is 1.83. The van der Waals surface area contributed by atoms with Gasteiger partial charge < -0.3 is 10.1 Å². The van der Waals surface area contributed by atoms with Crippen molar-refractivity contribution in [1.29, 1.82) is 0 Å². The molecule has 2 aromatic carbocycles. The second-order valence-corrected chi connectivity index (χ2v) is 5.86. The summed E-state index contributed by atoms with van der Waals surface area (Å²) < 4.78 is 19.2. The molecular weight excluding hydrogens is 365 g/mol. The van der Waals surface area contributed by atoms with Crippen molar-refractivity contribution in [2.45, 2.75) is 13.5 Å². The van der Waals surface area contributed by atoms with E-state index < -0.39 is 24.3 Å². The first-order valence-corrected chi connectivity index (χ1v) is 7.69. The van der Waals surface area contributed by atoms with Crippen molar-refractivity contribution >= 4 is 27.8 Å². The van der Waals surface area contributed by atoms with E-state index in [9.17, 15) is 14.0 Å². The minimum absolute atomic E-state index is 0.0767. The van der Waals surface area contributed by atoms with E-state index in [0.29, 0.717) is 12.1 Å². The Morgan fingerprint density at radius 3 is 2.70 bits per heavy atom. The van der Waals surface area contributed by atoms with Crippen LogP contribution in [0.1, 0.15) is 21.5 Å². The Bertz CT molecular complexity index is 734. The molecule has 6 heteroatoms. The number of rotatable bonds is 5. The molecule has 0 unspecified atom stereocenters. The number of hydrogen-bond donors (Lipinski definition) is 1. The maximum atomic E-state index is 13.4. The molecule has 120 valence electrons. The van der Waals surface area contributed by atoms with Crippen molar-refractivity contribution in [2.75, 3.05) is 6.61 Å². The van der Waals surface area contributed by atoms with Gasteiger partial charge in [0.05, 0.1) is 5.56 Å². The van der Waals surface area contributed by atoms with Gasteiger partial charge in [0, 0.05) is 11.0 Å². The number of carbonyl (C=O) groups excluding carboxylic acids is 2. The molecule has 2 rings (SSSR count). The Balaban J connectivity index is 1.81. The van der Waals surface area contributed by atoms with Crippen LogP contribution < -0.4 is 5.32 Å². The topological polar surface area (TPSA) is 55.4 Å². The first-order chi connectivity index (χ1) is 11.0. The Morgan fingerprint density at radius 1 is 1.22 bits per heavy atom. The van der Waals surface area contributed by atoms with Crippen LogP contribution in [0.4, 0.5) is 4.39 Å². The van der Waals surface area contributed by atoms with Crippen LogP contribution in [-0.2, 0) is 16.1 Å². The zero-order valence-electron chi connectivity index (χ0n) is 12.4. The van der Waals surface area contributed by atoms with Crippen LogP contribution in [0.5, 0.6) is 0 Å². The van der Waals surface area contributed by atoms with Crippen LogP contribution in [0.2, 0.25) is 0 Å². The van der Waals surface area contributed by atoms with E-state index in [4.69, 9.17) is 4.74 Å². The lowest BCUT2D eigenvalue weighted by Gasteiger charge is -2.07. The Morgan fingerprint density at radius 2 is 2.00 bits per heavy atom. The Hall–Kier alpha value is -2.21. The zero-order chi connectivity index (χ0) is 16.8. The standard InChI is InChI=1S/C17H15BrFNO3/c1-11-5-6-13(8-15(11)19)17(22)23-10-16(21)20-9-12-3-2-4-14(18)7-12/h2-8H,9-10H2,1H3,(H,20,21). The van der Waals surface area contributed by atoms with Gasteiger partial charge >= 0.3 is 5.97 Å². The highest BCUT2D eigenvalue weighted by Gasteiger charge is 2.11. The molecule has 0 atom stereocenters. The van der Waals surface area contributed by atoms with Crippen LogP contribution in [0.3, 0.4) is 0 Å². The molecule has 0 saturated heterocycles. The van der Waals surface area contributed by atoms with E-state index in [2.05, 4.69) is 21.2 Å². The van der Waals surface area contributed by atoms with Crippen LogP contribution in [-0.4, -0.2) is 18.5 Å². The molecular formula is C17H15BrFNO3. The molecule has 0 aromatic heterocycles. The summed E-state index contributed by atoms with van der Waals surface area (Å²) in [4.78, 5) is 23.4. The molecule has 1 N–H and O–H groups in total. The predicted molar refractivity (Wildman–Crippen MR) is 87.4 cm³/mol. The molecule has 1 amide bonds. The van der Waals surface area contributed by atoms with Crippen molar-refractivity contribution in [1.82, 2.24) is 5.32 Å². The normalized spacial score (nSPS) is 10.2. The molecule has 4 nitrogen and oxygen atoms in total. The first-order valence-electron chi connectivity index (χ1n) is 6.90. The molecule has 0 aliphatic carbocycles. The van der Waals surface area contributed by atoms with E-state index in [-0.39, 0.29) is 5.56 Å². The molecule has 0 heterocycles. The van der Waals surface area contributed by atoms with Crippen LogP contribution >= 0.6 is 15.9 Å². The minimum atomic E-state index is -0.735. The summed E-state index contributed by atoms with van der Waals surface area (Å²) in [6, 6.07) is 11.5. The highest BCUT2D eigenvalue weighted by molar-refractivity contribution is 9.10. The van der Waals surface area contributed by atoms with E-state index in [1.807, 2.05) is 24.3 Å². The number of hydrogen-bond acceptors (Lipinski definition) is 3. The number of halogens is 2. The van der Waals surface area contributed by atoms with Gasteiger partial charge in [0.1, 0.15) is 5.82 Å². The SMILES string of the molecule is Cc1ccc(C(=O)OCC(=O)NCc2cccc(Br)c2)cc1F. The number of nitrogens with one attached hydrogen (secondary N) is 1. The average molecular weight is 380 g/mol. The predicted octanol–water partition coefficient (Wildman–Crippen LogP) is 3.37. The van der Waals surface area contributed by atoms with Gasteiger partial charge in [-0.1, -0.05) is 34.1 Å². The number of amides is 1. The van der Waals surface area contributed by atoms with Crippen molar-refractivity contribution in [2.24, 2.45) is 0 Å². The lowest BCUT2D eigenvalue weighted by molar-refractivity contribution is -0.124. The number of benzene rings is 2. The largest absolute Gasteiger partial charge is 0.452 e. The highest BCUT2D eigenvalue weighted by atomic mass is 79.9. The fourth-order valence-corrected chi connectivity index (χ4v) is 2.28. The second-order valence-electron chi connectivity index (χ2n) is 4.95. The van der Waals surface area contributed by atoms with Crippen LogP contribution in [0.15, 0.2) is 46.9 Å². The summed E-state index contributed by atoms with van der Waals surface area (Å²) in [5.74, 6) is -1.65. The molecule has 23 heavy (non-hydrogen) atoms. The van der Waals surface area contributed by atoms with Crippen LogP contribution in [0.25, 0.3) is 0 Å². The number of carbonyl (C=O) groups is 2.